The van der Waals surface area contributed by atoms with E-state index < -0.39 is 0 Å². The van der Waals surface area contributed by atoms with E-state index in [-0.39, 0.29) is 28.8 Å². The van der Waals surface area contributed by atoms with Crippen LogP contribution in [-0.4, -0.2) is 21.9 Å². The minimum atomic E-state index is -0.185. The first-order valence-corrected chi connectivity index (χ1v) is 6.45. The van der Waals surface area contributed by atoms with Crippen molar-refractivity contribution in [3.05, 3.63) is 48.0 Å². The second-order valence-corrected chi connectivity index (χ2v) is 4.56. The highest BCUT2D eigenvalue weighted by Gasteiger charge is 2.05. The number of amides is 1. The molecule has 0 atom stereocenters. The smallest absolute Gasteiger partial charge is 0.221 e. The van der Waals surface area contributed by atoms with Crippen molar-refractivity contribution in [2.45, 2.75) is 13.8 Å². The summed E-state index contributed by atoms with van der Waals surface area (Å²) < 4.78 is 0. The number of rotatable bonds is 2. The molecule has 2 aromatic carbocycles. The number of anilines is 2. The Morgan fingerprint density at radius 1 is 1.00 bits per heavy atom. The maximum atomic E-state index is 10.8. The maximum absolute atomic E-state index is 10.8. The van der Waals surface area contributed by atoms with Crippen molar-refractivity contribution in [1.29, 1.82) is 0 Å². The number of benzene rings is 2. The van der Waals surface area contributed by atoms with Gasteiger partial charge in [-0.3, -0.25) is 9.59 Å². The third-order valence-electron chi connectivity index (χ3n) is 2.59. The second-order valence-electron chi connectivity index (χ2n) is 4.56. The number of phenolic OH excluding ortho intramolecular Hbond substituents is 2. The van der Waals surface area contributed by atoms with Gasteiger partial charge in [-0.05, 0) is 49.4 Å². The molecule has 1 amide bonds. The zero-order valence-corrected chi connectivity index (χ0v) is 12.3. The summed E-state index contributed by atoms with van der Waals surface area (Å²) in [6.45, 7) is 2.82. The van der Waals surface area contributed by atoms with Gasteiger partial charge in [-0.1, -0.05) is 0 Å². The highest BCUT2D eigenvalue weighted by Crippen LogP contribution is 2.19. The Hall–Kier alpha value is -3.02. The monoisotopic (exact) mass is 302 g/mol. The summed E-state index contributed by atoms with van der Waals surface area (Å²) in [4.78, 5) is 21.3. The largest absolute Gasteiger partial charge is 0.508 e. The Balaban J connectivity index is 0.000000220. The zero-order valence-electron chi connectivity index (χ0n) is 12.3. The van der Waals surface area contributed by atoms with Crippen molar-refractivity contribution in [2.75, 3.05) is 11.1 Å². The first-order valence-electron chi connectivity index (χ1n) is 6.45. The van der Waals surface area contributed by atoms with Crippen LogP contribution < -0.4 is 11.1 Å². The number of phenols is 2. The highest BCUT2D eigenvalue weighted by atomic mass is 16.3. The summed E-state index contributed by atoms with van der Waals surface area (Å²) >= 11 is 0. The van der Waals surface area contributed by atoms with Gasteiger partial charge in [0, 0.05) is 18.3 Å². The number of Topliss-reactive ketones (excluding diaryl/α,β-unsaturated/α-hetero) is 1. The number of carbonyl (C=O) groups is 2. The molecule has 22 heavy (non-hydrogen) atoms. The van der Waals surface area contributed by atoms with Crippen LogP contribution in [0.1, 0.15) is 24.2 Å². The van der Waals surface area contributed by atoms with Crippen molar-refractivity contribution >= 4 is 23.1 Å². The van der Waals surface area contributed by atoms with Gasteiger partial charge in [-0.25, -0.2) is 0 Å². The van der Waals surface area contributed by atoms with Crippen LogP contribution in [0, 0.1) is 0 Å². The SMILES string of the molecule is CC(=O)Nc1ccc(O)cc1.CC(=O)c1cc(N)ccc1O. The Bertz CT molecular complexity index is 666. The molecule has 0 saturated heterocycles. The molecule has 0 spiro atoms. The predicted octanol–water partition coefficient (Wildman–Crippen LogP) is 2.53. The second kappa shape index (κ2) is 7.68. The van der Waals surface area contributed by atoms with E-state index in [2.05, 4.69) is 5.32 Å². The van der Waals surface area contributed by atoms with Crippen molar-refractivity contribution in [1.82, 2.24) is 0 Å². The van der Waals surface area contributed by atoms with Crippen LogP contribution >= 0.6 is 0 Å². The topological polar surface area (TPSA) is 113 Å². The first kappa shape index (κ1) is 17.0. The van der Waals surface area contributed by atoms with Crippen molar-refractivity contribution < 1.29 is 19.8 Å². The molecule has 0 fully saturated rings. The van der Waals surface area contributed by atoms with Crippen LogP contribution in [0.2, 0.25) is 0 Å². The van der Waals surface area contributed by atoms with Crippen molar-refractivity contribution in [3.63, 3.8) is 0 Å². The summed E-state index contributed by atoms with van der Waals surface area (Å²) in [5.74, 6) is -0.128. The van der Waals surface area contributed by atoms with E-state index in [9.17, 15) is 9.59 Å². The number of nitrogens with one attached hydrogen (secondary N) is 1. The molecule has 2 rings (SSSR count). The van der Waals surface area contributed by atoms with Gasteiger partial charge in [-0.2, -0.15) is 0 Å². The average molecular weight is 302 g/mol. The van der Waals surface area contributed by atoms with Crippen molar-refractivity contribution in [3.8, 4) is 11.5 Å². The molecule has 0 saturated carbocycles. The van der Waals surface area contributed by atoms with Gasteiger partial charge < -0.3 is 21.3 Å². The van der Waals surface area contributed by atoms with Crippen LogP contribution in [0.4, 0.5) is 11.4 Å². The van der Waals surface area contributed by atoms with E-state index >= 15 is 0 Å². The van der Waals surface area contributed by atoms with Gasteiger partial charge in [0.2, 0.25) is 5.91 Å². The molecular formula is C16H18N2O4. The number of hydrogen-bond acceptors (Lipinski definition) is 5. The number of nitrogens with two attached hydrogens (primary N) is 1. The van der Waals surface area contributed by atoms with Gasteiger partial charge in [-0.15, -0.1) is 0 Å². The normalized spacial score (nSPS) is 9.36. The third kappa shape index (κ3) is 5.54. The molecule has 0 aromatic heterocycles. The summed E-state index contributed by atoms with van der Waals surface area (Å²) in [5.41, 5.74) is 6.84. The fraction of sp³-hybridized carbons (Fsp3) is 0.125. The minimum absolute atomic E-state index is 0.0216. The van der Waals surface area contributed by atoms with Crippen LogP contribution in [0.25, 0.3) is 0 Å². The van der Waals surface area contributed by atoms with E-state index in [1.807, 2.05) is 0 Å². The lowest BCUT2D eigenvalue weighted by Gasteiger charge is -2.00. The molecule has 116 valence electrons. The van der Waals surface area contributed by atoms with E-state index in [0.717, 1.165) is 0 Å². The van der Waals surface area contributed by atoms with Gasteiger partial charge in [0.25, 0.3) is 0 Å². The summed E-state index contributed by atoms with van der Waals surface area (Å²) in [6, 6.07) is 10.7. The summed E-state index contributed by atoms with van der Waals surface area (Å²) in [6.07, 6.45) is 0. The molecule has 0 aliphatic heterocycles. The molecular weight excluding hydrogens is 284 g/mol. The van der Waals surface area contributed by atoms with Crippen LogP contribution in [0.15, 0.2) is 42.5 Å². The predicted molar refractivity (Wildman–Crippen MR) is 84.9 cm³/mol. The number of ketones is 1. The Morgan fingerprint density at radius 3 is 2.05 bits per heavy atom. The molecule has 5 N–H and O–H groups in total. The number of nitrogen functional groups attached to an aromatic ring is 1. The summed E-state index contributed by atoms with van der Waals surface area (Å²) in [7, 11) is 0. The van der Waals surface area contributed by atoms with Crippen LogP contribution in [0.5, 0.6) is 11.5 Å². The zero-order chi connectivity index (χ0) is 16.7. The number of hydrogen-bond donors (Lipinski definition) is 4. The minimum Gasteiger partial charge on any atom is -0.508 e. The fourth-order valence-corrected chi connectivity index (χ4v) is 1.58. The van der Waals surface area contributed by atoms with Gasteiger partial charge >= 0.3 is 0 Å². The first-order chi connectivity index (χ1) is 10.3. The van der Waals surface area contributed by atoms with Crippen LogP contribution in [-0.2, 0) is 4.79 Å². The molecule has 0 aliphatic rings. The van der Waals surface area contributed by atoms with E-state index in [1.54, 1.807) is 18.2 Å². The molecule has 0 radical (unpaired) electrons. The third-order valence-corrected chi connectivity index (χ3v) is 2.59. The average Bonchev–Trinajstić information content (AvgIpc) is 2.44. The Kier molecular flexibility index (Phi) is 5.95. The molecule has 6 nitrogen and oxygen atoms in total. The van der Waals surface area contributed by atoms with Gasteiger partial charge in [0.05, 0.1) is 5.56 Å². The van der Waals surface area contributed by atoms with E-state index in [1.165, 1.54) is 38.1 Å². The molecule has 0 unspecified atom stereocenters. The van der Waals surface area contributed by atoms with Crippen molar-refractivity contribution in [2.24, 2.45) is 0 Å². The molecule has 0 heterocycles. The van der Waals surface area contributed by atoms with E-state index in [4.69, 9.17) is 15.9 Å². The van der Waals surface area contributed by atoms with Crippen LogP contribution in [0.3, 0.4) is 0 Å². The maximum Gasteiger partial charge on any atom is 0.221 e. The molecule has 6 heteroatoms. The lowest BCUT2D eigenvalue weighted by Crippen LogP contribution is -2.04. The lowest BCUT2D eigenvalue weighted by atomic mass is 10.1. The summed E-state index contributed by atoms with van der Waals surface area (Å²) in [5, 5.41) is 20.6. The lowest BCUT2D eigenvalue weighted by molar-refractivity contribution is -0.114. The number of aromatic hydroxyl groups is 2. The Labute approximate surface area is 128 Å². The Morgan fingerprint density at radius 2 is 1.59 bits per heavy atom. The van der Waals surface area contributed by atoms with Gasteiger partial charge in [0.15, 0.2) is 5.78 Å². The molecule has 2 aromatic rings. The fourth-order valence-electron chi connectivity index (χ4n) is 1.58. The highest BCUT2D eigenvalue weighted by molar-refractivity contribution is 5.97. The standard InChI is InChI=1S/2C8H9NO2/c1-6(10)9-7-2-4-8(11)5-3-7;1-5(10)7-4-6(9)2-3-8(7)11/h2-5,11H,1H3,(H,9,10);2-4,11H,9H2,1H3. The number of carbonyl (C=O) groups excluding carboxylic acids is 2. The molecule has 0 bridgehead atoms. The molecule has 0 aliphatic carbocycles. The van der Waals surface area contributed by atoms with E-state index in [0.29, 0.717) is 11.4 Å². The quantitative estimate of drug-likeness (QED) is 0.387. The van der Waals surface area contributed by atoms with Gasteiger partial charge in [0.1, 0.15) is 11.5 Å².